The molecule has 0 radical (unpaired) electrons. The lowest BCUT2D eigenvalue weighted by Crippen LogP contribution is -1.85. The minimum Gasteiger partial charge on any atom is -0.421 e. The third kappa shape index (κ3) is 10.7. The van der Waals surface area contributed by atoms with Gasteiger partial charge in [-0.3, -0.25) is 0 Å². The fourth-order valence-corrected chi connectivity index (χ4v) is 2.10. The van der Waals surface area contributed by atoms with Crippen LogP contribution in [0.2, 0.25) is 0 Å². The average Bonchev–Trinajstić information content (AvgIpc) is 3.18. The van der Waals surface area contributed by atoms with Crippen molar-refractivity contribution in [2.24, 2.45) is 0 Å². The highest BCUT2D eigenvalue weighted by Crippen LogP contribution is 2.18. The van der Waals surface area contributed by atoms with Crippen molar-refractivity contribution in [3.8, 4) is 11.5 Å². The molecule has 0 aliphatic carbocycles. The van der Waals surface area contributed by atoms with Crippen molar-refractivity contribution in [2.75, 3.05) is 26.1 Å². The molecule has 0 amide bonds. The van der Waals surface area contributed by atoms with Gasteiger partial charge in [-0.05, 0) is 24.1 Å². The Morgan fingerprint density at radius 1 is 1.04 bits per heavy atom. The zero-order chi connectivity index (χ0) is 20.5. The van der Waals surface area contributed by atoms with Crippen molar-refractivity contribution in [3.63, 3.8) is 0 Å². The van der Waals surface area contributed by atoms with Gasteiger partial charge < -0.3 is 14.3 Å². The lowest BCUT2D eigenvalue weighted by molar-refractivity contribution is 0.219. The summed E-state index contributed by atoms with van der Waals surface area (Å²) in [6.45, 7) is 2.70. The highest BCUT2D eigenvalue weighted by molar-refractivity contribution is 7.80. The van der Waals surface area contributed by atoms with Gasteiger partial charge in [0.25, 0.3) is 0 Å². The number of rotatable bonds is 6. The number of methoxy groups -OCH3 is 1. The summed E-state index contributed by atoms with van der Waals surface area (Å²) < 4.78 is 9.95. The second-order valence-corrected chi connectivity index (χ2v) is 5.98. The van der Waals surface area contributed by atoms with Crippen LogP contribution < -0.4 is 0 Å². The molecule has 28 heavy (non-hydrogen) atoms. The van der Waals surface area contributed by atoms with Crippen molar-refractivity contribution in [1.29, 1.82) is 0 Å². The van der Waals surface area contributed by atoms with Crippen LogP contribution in [0.15, 0.2) is 71.2 Å². The van der Waals surface area contributed by atoms with E-state index in [4.69, 9.17) is 9.52 Å². The first-order valence-electron chi connectivity index (χ1n) is 8.99. The Bertz CT molecular complexity index is 730. The van der Waals surface area contributed by atoms with Crippen molar-refractivity contribution in [3.05, 3.63) is 78.2 Å². The third-order valence-corrected chi connectivity index (χ3v) is 3.43. The molecular weight excluding hydrogens is 372 g/mol. The summed E-state index contributed by atoms with van der Waals surface area (Å²) in [4.78, 5) is 0. The molecule has 0 unspecified atom stereocenters. The molecule has 0 aliphatic heterocycles. The summed E-state index contributed by atoms with van der Waals surface area (Å²) in [5, 5.41) is 16.4. The van der Waals surface area contributed by atoms with Crippen molar-refractivity contribution in [2.45, 2.75) is 13.3 Å². The molecule has 0 atom stereocenters. The van der Waals surface area contributed by atoms with Crippen LogP contribution in [0.3, 0.4) is 0 Å². The maximum Gasteiger partial charge on any atom is 0.247 e. The molecular formula is C22H28N2O3S. The van der Waals surface area contributed by atoms with Gasteiger partial charge in [-0.25, -0.2) is 0 Å². The molecule has 1 N–H and O–H groups in total. The van der Waals surface area contributed by atoms with Gasteiger partial charge >= 0.3 is 0 Å². The quantitative estimate of drug-likeness (QED) is 0.588. The molecule has 0 saturated heterocycles. The van der Waals surface area contributed by atoms with E-state index in [0.717, 1.165) is 23.5 Å². The molecule has 6 heteroatoms. The average molecular weight is 401 g/mol. The molecule has 0 aliphatic rings. The summed E-state index contributed by atoms with van der Waals surface area (Å²) >= 11 is 3.88. The van der Waals surface area contributed by atoms with Crippen LogP contribution in [0.4, 0.5) is 0 Å². The Morgan fingerprint density at radius 3 is 2.04 bits per heavy atom. The SMILES string of the molecule is COCCS.Cc1nnc(-c2ccc(/C=C/CCO)cc2)o1.c1ccccc1. The number of aryl methyl sites for hydroxylation is 1. The summed E-state index contributed by atoms with van der Waals surface area (Å²) in [5.41, 5.74) is 1.99. The molecule has 1 heterocycles. The Labute approximate surface area is 172 Å². The standard InChI is InChI=1S/C13H14N2O2.C6H6.C3H8OS/c1-10-14-15-13(17-10)12-7-5-11(6-8-12)4-2-3-9-16;1-2-4-6-5-3-1;1-4-2-3-5/h2,4-8,16H,3,9H2,1H3;1-6H;5H,2-3H2,1H3/b4-2+;;. The van der Waals surface area contributed by atoms with Gasteiger partial charge in [-0.15, -0.1) is 10.2 Å². The van der Waals surface area contributed by atoms with Crippen LogP contribution in [0.1, 0.15) is 17.9 Å². The van der Waals surface area contributed by atoms with E-state index in [0.29, 0.717) is 18.2 Å². The number of aliphatic hydroxyl groups is 1. The number of benzene rings is 2. The van der Waals surface area contributed by atoms with Gasteiger partial charge in [0.1, 0.15) is 0 Å². The van der Waals surface area contributed by atoms with Gasteiger partial charge in [-0.2, -0.15) is 12.6 Å². The van der Waals surface area contributed by atoms with Crippen LogP contribution >= 0.6 is 12.6 Å². The first-order chi connectivity index (χ1) is 13.7. The number of hydrogen-bond acceptors (Lipinski definition) is 6. The van der Waals surface area contributed by atoms with E-state index < -0.39 is 0 Å². The number of nitrogens with zero attached hydrogens (tertiary/aromatic N) is 2. The van der Waals surface area contributed by atoms with Gasteiger partial charge in [-0.1, -0.05) is 60.7 Å². The predicted molar refractivity (Wildman–Crippen MR) is 117 cm³/mol. The van der Waals surface area contributed by atoms with Gasteiger partial charge in [0.05, 0.1) is 6.61 Å². The molecule has 2 aromatic carbocycles. The Kier molecular flexibility index (Phi) is 13.2. The normalized spacial score (nSPS) is 10.0. The fraction of sp³-hybridized carbons (Fsp3) is 0.273. The number of thiol groups is 1. The maximum absolute atomic E-state index is 8.66. The molecule has 3 aromatic rings. The molecule has 3 rings (SSSR count). The predicted octanol–water partition coefficient (Wildman–Crippen LogP) is 4.69. The number of aliphatic hydroxyl groups excluding tert-OH is 1. The number of hydrogen-bond donors (Lipinski definition) is 2. The minimum atomic E-state index is 0.176. The van der Waals surface area contributed by atoms with Gasteiger partial charge in [0, 0.05) is 32.0 Å². The lowest BCUT2D eigenvalue weighted by Gasteiger charge is -1.96. The van der Waals surface area contributed by atoms with Gasteiger partial charge in [0.2, 0.25) is 11.8 Å². The van der Waals surface area contributed by atoms with Crippen molar-refractivity contribution < 1.29 is 14.3 Å². The van der Waals surface area contributed by atoms with E-state index in [1.54, 1.807) is 14.0 Å². The fourth-order valence-electron chi connectivity index (χ4n) is 1.92. The molecule has 5 nitrogen and oxygen atoms in total. The number of aromatic nitrogens is 2. The second kappa shape index (κ2) is 15.6. The summed E-state index contributed by atoms with van der Waals surface area (Å²) in [6.07, 6.45) is 4.58. The van der Waals surface area contributed by atoms with Crippen molar-refractivity contribution >= 4 is 18.7 Å². The summed E-state index contributed by atoms with van der Waals surface area (Å²) in [5.74, 6) is 1.91. The highest BCUT2D eigenvalue weighted by Gasteiger charge is 2.04. The topological polar surface area (TPSA) is 68.4 Å². The van der Waals surface area contributed by atoms with Crippen LogP contribution in [-0.4, -0.2) is 41.4 Å². The maximum atomic E-state index is 8.66. The van der Waals surface area contributed by atoms with E-state index in [2.05, 4.69) is 27.6 Å². The first kappa shape index (κ1) is 23.6. The zero-order valence-corrected chi connectivity index (χ0v) is 17.3. The van der Waals surface area contributed by atoms with E-state index in [1.165, 1.54) is 0 Å². The Morgan fingerprint density at radius 2 is 1.64 bits per heavy atom. The monoisotopic (exact) mass is 400 g/mol. The van der Waals surface area contributed by atoms with Crippen LogP contribution in [0.25, 0.3) is 17.5 Å². The van der Waals surface area contributed by atoms with Gasteiger partial charge in [0.15, 0.2) is 0 Å². The lowest BCUT2D eigenvalue weighted by atomic mass is 10.1. The van der Waals surface area contributed by atoms with E-state index >= 15 is 0 Å². The van der Waals surface area contributed by atoms with E-state index in [-0.39, 0.29) is 6.61 Å². The van der Waals surface area contributed by atoms with Crippen LogP contribution in [-0.2, 0) is 4.74 Å². The largest absolute Gasteiger partial charge is 0.421 e. The molecule has 0 bridgehead atoms. The molecule has 0 saturated carbocycles. The Hall–Kier alpha value is -2.41. The van der Waals surface area contributed by atoms with Crippen molar-refractivity contribution in [1.82, 2.24) is 10.2 Å². The molecule has 1 aromatic heterocycles. The zero-order valence-electron chi connectivity index (χ0n) is 16.4. The van der Waals surface area contributed by atoms with Crippen LogP contribution in [0.5, 0.6) is 0 Å². The summed E-state index contributed by atoms with van der Waals surface area (Å²) in [6, 6.07) is 19.8. The smallest absolute Gasteiger partial charge is 0.247 e. The minimum absolute atomic E-state index is 0.176. The Balaban J connectivity index is 0.000000292. The molecule has 0 fully saturated rings. The third-order valence-electron chi connectivity index (χ3n) is 3.25. The van der Waals surface area contributed by atoms with E-state index in [9.17, 15) is 0 Å². The van der Waals surface area contributed by atoms with Crippen LogP contribution in [0, 0.1) is 6.92 Å². The molecule has 0 spiro atoms. The highest BCUT2D eigenvalue weighted by atomic mass is 32.1. The number of ether oxygens (including phenoxy) is 1. The second-order valence-electron chi connectivity index (χ2n) is 5.53. The van der Waals surface area contributed by atoms with E-state index in [1.807, 2.05) is 72.8 Å². The summed E-state index contributed by atoms with van der Waals surface area (Å²) in [7, 11) is 1.66. The first-order valence-corrected chi connectivity index (χ1v) is 9.62. The molecule has 150 valence electrons.